The summed E-state index contributed by atoms with van der Waals surface area (Å²) in [6, 6.07) is 0. The number of rotatable bonds is 42. The van der Waals surface area contributed by atoms with Gasteiger partial charge in [-0.1, -0.05) is 179 Å². The Kier molecular flexibility index (Phi) is 40.3. The fraction of sp³-hybridized carbons (Fsp3) is 0.884. The fourth-order valence-electron chi connectivity index (χ4n) is 6.14. The number of phosphoric acid groups is 1. The van der Waals surface area contributed by atoms with Crippen molar-refractivity contribution in [3.8, 4) is 0 Å². The van der Waals surface area contributed by atoms with Crippen LogP contribution in [0, 0.1) is 0 Å². The molecule has 0 saturated carbocycles. The number of unbranched alkanes of at least 4 members (excludes halogenated alkanes) is 25. The lowest BCUT2D eigenvalue weighted by Gasteiger charge is -2.20. The van der Waals surface area contributed by atoms with Crippen molar-refractivity contribution in [1.29, 1.82) is 0 Å². The molecule has 308 valence electrons. The number of hydrogen-bond donors (Lipinski definition) is 2. The lowest BCUT2D eigenvalue weighted by atomic mass is 10.0. The van der Waals surface area contributed by atoms with Gasteiger partial charge in [-0.3, -0.25) is 13.8 Å². The molecule has 0 fully saturated rings. The Morgan fingerprint density at radius 2 is 1.02 bits per heavy atom. The molecule has 3 N–H and O–H groups in total. The summed E-state index contributed by atoms with van der Waals surface area (Å²) < 4.78 is 33.4. The predicted octanol–water partition coefficient (Wildman–Crippen LogP) is 12.9. The van der Waals surface area contributed by atoms with E-state index < -0.39 is 13.9 Å². The number of esters is 1. The van der Waals surface area contributed by atoms with Gasteiger partial charge < -0.3 is 20.1 Å². The second-order valence-electron chi connectivity index (χ2n) is 14.6. The van der Waals surface area contributed by atoms with E-state index in [4.69, 9.17) is 24.3 Å². The molecule has 0 saturated heterocycles. The van der Waals surface area contributed by atoms with Gasteiger partial charge in [-0.2, -0.15) is 0 Å². The zero-order valence-electron chi connectivity index (χ0n) is 34.1. The summed E-state index contributed by atoms with van der Waals surface area (Å²) in [5.41, 5.74) is 5.37. The highest BCUT2D eigenvalue weighted by Gasteiger charge is 2.25. The predicted molar refractivity (Wildman–Crippen MR) is 220 cm³/mol. The van der Waals surface area contributed by atoms with E-state index in [1.165, 1.54) is 128 Å². The summed E-state index contributed by atoms with van der Waals surface area (Å²) in [4.78, 5) is 22.5. The van der Waals surface area contributed by atoms with Gasteiger partial charge in [0.25, 0.3) is 0 Å². The molecule has 0 aliphatic heterocycles. The van der Waals surface area contributed by atoms with Crippen LogP contribution >= 0.6 is 7.82 Å². The van der Waals surface area contributed by atoms with Crippen LogP contribution in [0.5, 0.6) is 0 Å². The average Bonchev–Trinajstić information content (AvgIpc) is 3.13. The summed E-state index contributed by atoms with van der Waals surface area (Å²) in [6.07, 6.45) is 44.8. The Bertz CT molecular complexity index is 853. The summed E-state index contributed by atoms with van der Waals surface area (Å²) >= 11 is 0. The Morgan fingerprint density at radius 3 is 1.54 bits per heavy atom. The van der Waals surface area contributed by atoms with Crippen LogP contribution in [0.4, 0.5) is 0 Å². The largest absolute Gasteiger partial charge is 0.472 e. The molecule has 2 unspecified atom stereocenters. The van der Waals surface area contributed by atoms with E-state index in [0.717, 1.165) is 57.8 Å². The quantitative estimate of drug-likeness (QED) is 0.0273. The van der Waals surface area contributed by atoms with Crippen molar-refractivity contribution in [3.05, 3.63) is 24.3 Å². The van der Waals surface area contributed by atoms with E-state index in [0.29, 0.717) is 13.0 Å². The molecule has 0 aromatic heterocycles. The minimum Gasteiger partial charge on any atom is -0.457 e. The molecule has 0 aromatic carbocycles. The number of ether oxygens (including phenoxy) is 2. The Morgan fingerprint density at radius 1 is 0.577 bits per heavy atom. The highest BCUT2D eigenvalue weighted by Crippen LogP contribution is 2.43. The van der Waals surface area contributed by atoms with Crippen molar-refractivity contribution in [3.63, 3.8) is 0 Å². The molecule has 2 atom stereocenters. The van der Waals surface area contributed by atoms with E-state index >= 15 is 0 Å². The number of carbonyl (C=O) groups is 1. The molecule has 0 heterocycles. The molecule has 52 heavy (non-hydrogen) atoms. The highest BCUT2D eigenvalue weighted by molar-refractivity contribution is 7.47. The van der Waals surface area contributed by atoms with Crippen molar-refractivity contribution in [2.75, 3.05) is 33.0 Å². The van der Waals surface area contributed by atoms with Gasteiger partial charge in [-0.05, 0) is 44.9 Å². The standard InChI is InChI=1S/C43H84NO7P/c1-3-5-7-9-11-13-15-17-19-20-21-23-25-27-29-31-33-35-38-48-40-42(41-50-52(46,47)49-39-37-44)51-43(45)36-34-32-30-28-26-24-22-18-16-14-12-10-8-6-4-2/h12,14,18,22,42H,3-11,13,15-17,19-21,23-41,44H2,1-2H3,(H,46,47). The molecule has 0 aliphatic carbocycles. The number of hydrogen-bond acceptors (Lipinski definition) is 7. The first-order valence-corrected chi connectivity index (χ1v) is 23.3. The zero-order chi connectivity index (χ0) is 38.1. The minimum absolute atomic E-state index is 0.0963. The van der Waals surface area contributed by atoms with E-state index in [9.17, 15) is 14.3 Å². The maximum Gasteiger partial charge on any atom is 0.472 e. The molecule has 0 radical (unpaired) electrons. The Labute approximate surface area is 321 Å². The van der Waals surface area contributed by atoms with Gasteiger partial charge in [-0.25, -0.2) is 4.57 Å². The van der Waals surface area contributed by atoms with Crippen molar-refractivity contribution in [1.82, 2.24) is 0 Å². The normalized spacial score (nSPS) is 13.7. The number of nitrogens with two attached hydrogens (primary N) is 1. The number of phosphoric ester groups is 1. The van der Waals surface area contributed by atoms with Crippen molar-refractivity contribution in [2.45, 2.75) is 213 Å². The summed E-state index contributed by atoms with van der Waals surface area (Å²) in [6.45, 7) is 4.91. The Balaban J connectivity index is 4.01. The maximum atomic E-state index is 12.6. The van der Waals surface area contributed by atoms with Crippen LogP contribution in [-0.4, -0.2) is 49.9 Å². The van der Waals surface area contributed by atoms with Gasteiger partial charge in [-0.15, -0.1) is 0 Å². The summed E-state index contributed by atoms with van der Waals surface area (Å²) in [7, 11) is -4.28. The van der Waals surface area contributed by atoms with Crippen molar-refractivity contribution >= 4 is 13.8 Å². The van der Waals surface area contributed by atoms with Gasteiger partial charge in [0.15, 0.2) is 0 Å². The molecule has 0 aliphatic rings. The average molecular weight is 758 g/mol. The SMILES string of the molecule is CCCCCC=CCC=CCCCCCCCC(=O)OC(COCCCCCCCCCCCCCCCCCCCC)COP(=O)(O)OCCN. The first-order valence-electron chi connectivity index (χ1n) is 21.8. The number of carbonyl (C=O) groups excluding carboxylic acids is 1. The third-order valence-corrected chi connectivity index (χ3v) is 10.4. The monoisotopic (exact) mass is 758 g/mol. The topological polar surface area (TPSA) is 117 Å². The van der Waals surface area contributed by atoms with E-state index in [-0.39, 0.29) is 32.3 Å². The van der Waals surface area contributed by atoms with Gasteiger partial charge in [0.1, 0.15) is 6.10 Å². The zero-order valence-corrected chi connectivity index (χ0v) is 35.0. The number of allylic oxidation sites excluding steroid dienone is 4. The van der Waals surface area contributed by atoms with Crippen molar-refractivity contribution in [2.24, 2.45) is 5.73 Å². The van der Waals surface area contributed by atoms with Crippen LogP contribution in [0.1, 0.15) is 206 Å². The molecule has 0 bridgehead atoms. The lowest BCUT2D eigenvalue weighted by Crippen LogP contribution is -2.28. The molecule has 0 rings (SSSR count). The van der Waals surface area contributed by atoms with Crippen LogP contribution < -0.4 is 5.73 Å². The van der Waals surface area contributed by atoms with E-state index in [2.05, 4.69) is 38.2 Å². The van der Waals surface area contributed by atoms with Crippen LogP contribution in [0.25, 0.3) is 0 Å². The minimum atomic E-state index is -4.28. The van der Waals surface area contributed by atoms with Crippen LogP contribution in [-0.2, 0) is 27.9 Å². The van der Waals surface area contributed by atoms with Crippen LogP contribution in [0.3, 0.4) is 0 Å². The van der Waals surface area contributed by atoms with Crippen molar-refractivity contribution < 1.29 is 32.8 Å². The highest BCUT2D eigenvalue weighted by atomic mass is 31.2. The summed E-state index contributed by atoms with van der Waals surface area (Å²) in [5, 5.41) is 0. The first-order chi connectivity index (χ1) is 25.4. The first kappa shape index (κ1) is 51.0. The molecule has 0 aromatic rings. The molecule has 8 nitrogen and oxygen atoms in total. The molecule has 0 amide bonds. The van der Waals surface area contributed by atoms with E-state index in [1.807, 2.05) is 0 Å². The third kappa shape index (κ3) is 40.2. The maximum absolute atomic E-state index is 12.6. The molecular weight excluding hydrogens is 673 g/mol. The lowest BCUT2D eigenvalue weighted by molar-refractivity contribution is -0.154. The summed E-state index contributed by atoms with van der Waals surface area (Å²) in [5.74, 6) is -0.341. The van der Waals surface area contributed by atoms with Gasteiger partial charge in [0.2, 0.25) is 0 Å². The van der Waals surface area contributed by atoms with Gasteiger partial charge in [0, 0.05) is 19.6 Å². The molecule has 9 heteroatoms. The second kappa shape index (κ2) is 41.1. The van der Waals surface area contributed by atoms with Crippen LogP contribution in [0.15, 0.2) is 24.3 Å². The van der Waals surface area contributed by atoms with Crippen LogP contribution in [0.2, 0.25) is 0 Å². The van der Waals surface area contributed by atoms with E-state index in [1.54, 1.807) is 0 Å². The van der Waals surface area contributed by atoms with Gasteiger partial charge >= 0.3 is 13.8 Å². The van der Waals surface area contributed by atoms with Gasteiger partial charge in [0.05, 0.1) is 19.8 Å². The smallest absolute Gasteiger partial charge is 0.457 e. The Hall–Kier alpha value is -1.02. The third-order valence-electron chi connectivity index (χ3n) is 9.37. The molecular formula is C43H84NO7P. The molecule has 0 spiro atoms. The fourth-order valence-corrected chi connectivity index (χ4v) is 6.91. The second-order valence-corrected chi connectivity index (χ2v) is 16.0.